The molecule has 0 fully saturated rings. The number of nitrogens with zero attached hydrogens (tertiary/aromatic N) is 4. The molecule has 0 radical (unpaired) electrons. The summed E-state index contributed by atoms with van der Waals surface area (Å²) in [6, 6.07) is 5.55. The predicted octanol–water partition coefficient (Wildman–Crippen LogP) is 1.87. The van der Waals surface area contributed by atoms with E-state index in [1.165, 1.54) is 11.3 Å². The number of thiazole rings is 1. The molecule has 96 valence electrons. The van der Waals surface area contributed by atoms with Crippen LogP contribution in [0.2, 0.25) is 0 Å². The smallest absolute Gasteiger partial charge is 0.303 e. The summed E-state index contributed by atoms with van der Waals surface area (Å²) in [6.45, 7) is 0. The molecule has 0 aliphatic heterocycles. The van der Waals surface area contributed by atoms with Crippen LogP contribution in [0.1, 0.15) is 12.1 Å². The summed E-state index contributed by atoms with van der Waals surface area (Å²) >= 11 is 1.45. The van der Waals surface area contributed by atoms with Crippen molar-refractivity contribution in [2.75, 3.05) is 0 Å². The average molecular weight is 274 g/mol. The Morgan fingerprint density at radius 2 is 2.32 bits per heavy atom. The number of pyridine rings is 1. The SMILES string of the molecule is O=C(O)CCc1csc2nc(-c3ccccn3)nn12. The van der Waals surface area contributed by atoms with Crippen molar-refractivity contribution in [2.24, 2.45) is 0 Å². The van der Waals surface area contributed by atoms with E-state index >= 15 is 0 Å². The van der Waals surface area contributed by atoms with Crippen LogP contribution in [0.15, 0.2) is 29.8 Å². The molecule has 0 aliphatic rings. The molecule has 0 amide bonds. The minimum Gasteiger partial charge on any atom is -0.481 e. The number of aryl methyl sites for hydroxylation is 1. The molecule has 6 nitrogen and oxygen atoms in total. The molecule has 0 bridgehead atoms. The second-order valence-corrected chi connectivity index (χ2v) is 4.80. The van der Waals surface area contributed by atoms with Crippen LogP contribution in [0.5, 0.6) is 0 Å². The van der Waals surface area contributed by atoms with E-state index in [0.29, 0.717) is 17.9 Å². The topological polar surface area (TPSA) is 80.4 Å². The van der Waals surface area contributed by atoms with Crippen molar-refractivity contribution >= 4 is 22.3 Å². The van der Waals surface area contributed by atoms with Crippen LogP contribution in [0.4, 0.5) is 0 Å². The molecular formula is C12H10N4O2S. The molecule has 3 rings (SSSR count). The maximum absolute atomic E-state index is 10.6. The highest BCUT2D eigenvalue weighted by Crippen LogP contribution is 2.20. The van der Waals surface area contributed by atoms with Gasteiger partial charge in [0.2, 0.25) is 10.8 Å². The van der Waals surface area contributed by atoms with E-state index in [0.717, 1.165) is 10.7 Å². The molecule has 0 saturated heterocycles. The van der Waals surface area contributed by atoms with Gasteiger partial charge in [-0.3, -0.25) is 9.78 Å². The Hall–Kier alpha value is -2.28. The summed E-state index contributed by atoms with van der Waals surface area (Å²) in [7, 11) is 0. The van der Waals surface area contributed by atoms with Crippen molar-refractivity contribution in [3.05, 3.63) is 35.5 Å². The van der Waals surface area contributed by atoms with Crippen LogP contribution in [0.25, 0.3) is 16.5 Å². The van der Waals surface area contributed by atoms with Gasteiger partial charge in [0, 0.05) is 18.0 Å². The first kappa shape index (κ1) is 11.8. The van der Waals surface area contributed by atoms with E-state index in [1.54, 1.807) is 10.7 Å². The lowest BCUT2D eigenvalue weighted by atomic mass is 10.2. The first-order valence-electron chi connectivity index (χ1n) is 5.70. The minimum atomic E-state index is -0.815. The number of hydrogen-bond acceptors (Lipinski definition) is 5. The average Bonchev–Trinajstić information content (AvgIpc) is 2.97. The molecule has 0 saturated carbocycles. The summed E-state index contributed by atoms with van der Waals surface area (Å²) in [5, 5.41) is 15.0. The van der Waals surface area contributed by atoms with Crippen LogP contribution in [-0.4, -0.2) is 30.7 Å². The highest BCUT2D eigenvalue weighted by atomic mass is 32.1. The summed E-state index contributed by atoms with van der Waals surface area (Å²) in [5.74, 6) is -0.256. The van der Waals surface area contributed by atoms with Gasteiger partial charge in [0.1, 0.15) is 5.69 Å². The van der Waals surface area contributed by atoms with Crippen LogP contribution in [-0.2, 0) is 11.2 Å². The molecule has 19 heavy (non-hydrogen) atoms. The lowest BCUT2D eigenvalue weighted by Gasteiger charge is -1.95. The second kappa shape index (κ2) is 4.77. The fourth-order valence-corrected chi connectivity index (χ4v) is 2.59. The minimum absolute atomic E-state index is 0.0879. The quantitative estimate of drug-likeness (QED) is 0.785. The molecule has 0 aromatic carbocycles. The van der Waals surface area contributed by atoms with Gasteiger partial charge in [0.05, 0.1) is 12.1 Å². The third-order valence-electron chi connectivity index (χ3n) is 2.64. The van der Waals surface area contributed by atoms with Crippen LogP contribution >= 0.6 is 11.3 Å². The van der Waals surface area contributed by atoms with Crippen LogP contribution in [0, 0.1) is 0 Å². The fourth-order valence-electron chi connectivity index (χ4n) is 1.74. The highest BCUT2D eigenvalue weighted by Gasteiger charge is 2.12. The lowest BCUT2D eigenvalue weighted by Crippen LogP contribution is -2.00. The third-order valence-corrected chi connectivity index (χ3v) is 3.50. The Kier molecular flexibility index (Phi) is 2.96. The molecule has 0 unspecified atom stereocenters. The lowest BCUT2D eigenvalue weighted by molar-refractivity contribution is -0.136. The normalized spacial score (nSPS) is 10.9. The maximum Gasteiger partial charge on any atom is 0.303 e. The molecule has 1 N–H and O–H groups in total. The molecule has 0 aliphatic carbocycles. The van der Waals surface area contributed by atoms with Crippen molar-refractivity contribution in [3.8, 4) is 11.5 Å². The Morgan fingerprint density at radius 1 is 1.42 bits per heavy atom. The van der Waals surface area contributed by atoms with Gasteiger partial charge in [-0.1, -0.05) is 6.07 Å². The van der Waals surface area contributed by atoms with Gasteiger partial charge in [-0.05, 0) is 12.1 Å². The van der Waals surface area contributed by atoms with Gasteiger partial charge in [-0.15, -0.1) is 16.4 Å². The number of fused-ring (bicyclic) bond motifs is 1. The number of carboxylic acid groups (broad SMARTS) is 1. The van der Waals surface area contributed by atoms with E-state index in [2.05, 4.69) is 15.1 Å². The van der Waals surface area contributed by atoms with Gasteiger partial charge < -0.3 is 5.11 Å². The van der Waals surface area contributed by atoms with E-state index in [4.69, 9.17) is 5.11 Å². The van der Waals surface area contributed by atoms with Crippen LogP contribution < -0.4 is 0 Å². The number of rotatable bonds is 4. The standard InChI is InChI=1S/C12H10N4O2S/c17-10(18)5-4-8-7-19-12-14-11(15-16(8)12)9-3-1-2-6-13-9/h1-3,6-7H,4-5H2,(H,17,18). The maximum atomic E-state index is 10.6. The van der Waals surface area contributed by atoms with E-state index in [9.17, 15) is 4.79 Å². The summed E-state index contributed by atoms with van der Waals surface area (Å²) in [5.41, 5.74) is 1.57. The van der Waals surface area contributed by atoms with Gasteiger partial charge in [0.15, 0.2) is 0 Å². The highest BCUT2D eigenvalue weighted by molar-refractivity contribution is 7.15. The monoisotopic (exact) mass is 274 g/mol. The predicted molar refractivity (Wildman–Crippen MR) is 70.1 cm³/mol. The van der Waals surface area contributed by atoms with Crippen molar-refractivity contribution < 1.29 is 9.90 Å². The first-order chi connectivity index (χ1) is 9.24. The molecule has 3 aromatic heterocycles. The zero-order valence-electron chi connectivity index (χ0n) is 9.85. The van der Waals surface area contributed by atoms with E-state index in [-0.39, 0.29) is 6.42 Å². The number of carboxylic acids is 1. The Bertz CT molecular complexity index is 720. The largest absolute Gasteiger partial charge is 0.481 e. The van der Waals surface area contributed by atoms with Crippen molar-refractivity contribution in [3.63, 3.8) is 0 Å². The molecule has 0 spiro atoms. The Balaban J connectivity index is 1.96. The van der Waals surface area contributed by atoms with E-state index < -0.39 is 5.97 Å². The number of aromatic nitrogens is 4. The van der Waals surface area contributed by atoms with Gasteiger partial charge in [-0.2, -0.15) is 4.98 Å². The zero-order chi connectivity index (χ0) is 13.2. The molecule has 7 heteroatoms. The summed E-state index contributed by atoms with van der Waals surface area (Å²) in [4.78, 5) is 19.9. The number of carbonyl (C=O) groups is 1. The Morgan fingerprint density at radius 3 is 3.05 bits per heavy atom. The van der Waals surface area contributed by atoms with Gasteiger partial charge in [-0.25, -0.2) is 4.52 Å². The third kappa shape index (κ3) is 2.32. The Labute approximate surface area is 112 Å². The molecular weight excluding hydrogens is 264 g/mol. The number of aliphatic carboxylic acids is 1. The zero-order valence-corrected chi connectivity index (χ0v) is 10.7. The van der Waals surface area contributed by atoms with Crippen molar-refractivity contribution in [2.45, 2.75) is 12.8 Å². The van der Waals surface area contributed by atoms with Gasteiger partial charge in [0.25, 0.3) is 0 Å². The number of hydrogen-bond donors (Lipinski definition) is 1. The summed E-state index contributed by atoms with van der Waals surface area (Å²) in [6.07, 6.45) is 2.22. The van der Waals surface area contributed by atoms with Gasteiger partial charge >= 0.3 is 5.97 Å². The van der Waals surface area contributed by atoms with Crippen molar-refractivity contribution in [1.82, 2.24) is 19.6 Å². The molecule has 3 aromatic rings. The fraction of sp³-hybridized carbons (Fsp3) is 0.167. The van der Waals surface area contributed by atoms with E-state index in [1.807, 2.05) is 23.6 Å². The van der Waals surface area contributed by atoms with Crippen molar-refractivity contribution in [1.29, 1.82) is 0 Å². The molecule has 0 atom stereocenters. The first-order valence-corrected chi connectivity index (χ1v) is 6.58. The second-order valence-electron chi connectivity index (χ2n) is 3.97. The summed E-state index contributed by atoms with van der Waals surface area (Å²) < 4.78 is 1.69. The molecule has 3 heterocycles. The van der Waals surface area contributed by atoms with Crippen LogP contribution in [0.3, 0.4) is 0 Å².